The first-order chi connectivity index (χ1) is 17.9. The molecule has 0 bridgehead atoms. The van der Waals surface area contributed by atoms with Crippen molar-refractivity contribution in [3.63, 3.8) is 0 Å². The molecule has 0 fully saturated rings. The largest absolute Gasteiger partial charge is 0.493 e. The summed E-state index contributed by atoms with van der Waals surface area (Å²) in [5.74, 6) is -1.28. The Balaban J connectivity index is 0.00000118. The molecular weight excluding hydrogens is 490 g/mol. The molecule has 10 heteroatoms. The number of carbonyl (C=O) groups is 4. The topological polar surface area (TPSA) is 148 Å². The molecule has 0 aromatic heterocycles. The maximum Gasteiger partial charge on any atom is 0.328 e. The summed E-state index contributed by atoms with van der Waals surface area (Å²) >= 11 is 0. The van der Waals surface area contributed by atoms with Gasteiger partial charge >= 0.3 is 5.97 Å². The van der Waals surface area contributed by atoms with Gasteiger partial charge < -0.3 is 30.5 Å². The molecule has 1 heterocycles. The number of carboxylic acids is 1. The first-order valence-corrected chi connectivity index (χ1v) is 12.4. The predicted molar refractivity (Wildman–Crippen MR) is 144 cm³/mol. The van der Waals surface area contributed by atoms with Crippen molar-refractivity contribution in [3.8, 4) is 5.75 Å². The number of rotatable bonds is 9. The number of nitrogen functional groups attached to an aromatic ring is 1. The van der Waals surface area contributed by atoms with Gasteiger partial charge in [0, 0.05) is 36.2 Å². The van der Waals surface area contributed by atoms with Crippen LogP contribution in [0.3, 0.4) is 0 Å². The monoisotopic (exact) mass is 527 g/mol. The summed E-state index contributed by atoms with van der Waals surface area (Å²) in [6.07, 6.45) is 0.581. The zero-order chi connectivity index (χ0) is 28.4. The Morgan fingerprint density at radius 2 is 1.76 bits per heavy atom. The third-order valence-corrected chi connectivity index (χ3v) is 5.91. The number of anilines is 2. The van der Waals surface area contributed by atoms with Crippen molar-refractivity contribution >= 4 is 35.1 Å². The quantitative estimate of drug-likeness (QED) is 0.332. The zero-order valence-electron chi connectivity index (χ0n) is 22.5. The summed E-state index contributed by atoms with van der Waals surface area (Å²) in [4.78, 5) is 49.4. The first-order valence-electron chi connectivity index (χ1n) is 12.4. The molecule has 0 spiro atoms. The number of methoxy groups -OCH3 is 1. The Morgan fingerprint density at radius 3 is 2.34 bits per heavy atom. The maximum absolute atomic E-state index is 13.6. The average Bonchev–Trinajstić information content (AvgIpc) is 3.24. The maximum atomic E-state index is 13.6. The minimum atomic E-state index is -0.850. The number of esters is 1. The molecule has 2 aromatic carbocycles. The summed E-state index contributed by atoms with van der Waals surface area (Å²) < 4.78 is 10.6. The molecule has 0 radical (unpaired) electrons. The van der Waals surface area contributed by atoms with Gasteiger partial charge in [-0.1, -0.05) is 32.0 Å². The molecule has 3 rings (SSSR count). The summed E-state index contributed by atoms with van der Waals surface area (Å²) in [5, 5.41) is 10.2. The highest BCUT2D eigenvalue weighted by molar-refractivity contribution is 6.01. The van der Waals surface area contributed by atoms with Gasteiger partial charge in [0.25, 0.3) is 5.97 Å². The van der Waals surface area contributed by atoms with Gasteiger partial charge in [-0.3, -0.25) is 14.4 Å². The lowest BCUT2D eigenvalue weighted by molar-refractivity contribution is -0.145. The fourth-order valence-corrected chi connectivity index (χ4v) is 4.19. The number of para-hydroxylation sites is 1. The van der Waals surface area contributed by atoms with Crippen molar-refractivity contribution in [2.45, 2.75) is 58.5 Å². The third kappa shape index (κ3) is 8.50. The van der Waals surface area contributed by atoms with Crippen LogP contribution in [0.4, 0.5) is 11.4 Å². The van der Waals surface area contributed by atoms with Crippen molar-refractivity contribution in [1.29, 1.82) is 0 Å². The summed E-state index contributed by atoms with van der Waals surface area (Å²) in [6.45, 7) is 7.02. The van der Waals surface area contributed by atoms with Crippen LogP contribution >= 0.6 is 0 Å². The number of amides is 2. The van der Waals surface area contributed by atoms with E-state index in [2.05, 4.69) is 5.32 Å². The lowest BCUT2D eigenvalue weighted by Gasteiger charge is -2.30. The SMILES string of the molecule is CC(=O)O.COC(=O)[C@H](CC(C)C)NC(=O)[C@H](C)N(C(=O)CC1COc2ccc(N)cc21)c1ccccc1. The second-order valence-electron chi connectivity index (χ2n) is 9.52. The normalized spacial score (nSPS) is 15.2. The van der Waals surface area contributed by atoms with Gasteiger partial charge in [0.1, 0.15) is 17.8 Å². The number of nitrogens with one attached hydrogen (secondary N) is 1. The number of carboxylic acid groups (broad SMARTS) is 1. The van der Waals surface area contributed by atoms with Crippen molar-refractivity contribution < 1.29 is 33.8 Å². The molecule has 4 N–H and O–H groups in total. The van der Waals surface area contributed by atoms with E-state index in [1.54, 1.807) is 25.1 Å². The van der Waals surface area contributed by atoms with Crippen LogP contribution in [-0.2, 0) is 23.9 Å². The summed E-state index contributed by atoms with van der Waals surface area (Å²) in [7, 11) is 1.29. The van der Waals surface area contributed by atoms with Crippen LogP contribution in [0, 0.1) is 5.92 Å². The van der Waals surface area contributed by atoms with Crippen LogP contribution in [0.5, 0.6) is 5.75 Å². The Bertz CT molecular complexity index is 1120. The number of nitrogens with zero attached hydrogens (tertiary/aromatic N) is 1. The van der Waals surface area contributed by atoms with Crippen molar-refractivity contribution in [1.82, 2.24) is 5.32 Å². The summed E-state index contributed by atoms with van der Waals surface area (Å²) in [6, 6.07) is 12.8. The van der Waals surface area contributed by atoms with Crippen LogP contribution < -0.4 is 20.7 Å². The molecule has 3 atom stereocenters. The molecule has 2 aromatic rings. The average molecular weight is 528 g/mol. The van der Waals surface area contributed by atoms with E-state index in [9.17, 15) is 14.4 Å². The minimum Gasteiger partial charge on any atom is -0.493 e. The Labute approximate surface area is 223 Å². The summed E-state index contributed by atoms with van der Waals surface area (Å²) in [5.41, 5.74) is 8.03. The van der Waals surface area contributed by atoms with Gasteiger partial charge in [-0.25, -0.2) is 4.79 Å². The van der Waals surface area contributed by atoms with E-state index in [4.69, 9.17) is 25.1 Å². The number of carbonyl (C=O) groups excluding carboxylic acids is 3. The van der Waals surface area contributed by atoms with Gasteiger partial charge in [-0.2, -0.15) is 0 Å². The number of fused-ring (bicyclic) bond motifs is 1. The van der Waals surface area contributed by atoms with Crippen LogP contribution in [0.1, 0.15) is 52.0 Å². The molecule has 1 aliphatic heterocycles. The van der Waals surface area contributed by atoms with Crippen LogP contribution in [0.2, 0.25) is 0 Å². The van der Waals surface area contributed by atoms with Crippen molar-refractivity contribution in [2.24, 2.45) is 5.92 Å². The van der Waals surface area contributed by atoms with Gasteiger partial charge in [-0.15, -0.1) is 0 Å². The van der Waals surface area contributed by atoms with E-state index < -0.39 is 29.9 Å². The molecule has 38 heavy (non-hydrogen) atoms. The van der Waals surface area contributed by atoms with Crippen molar-refractivity contribution in [2.75, 3.05) is 24.4 Å². The highest BCUT2D eigenvalue weighted by Crippen LogP contribution is 2.38. The first kappa shape index (κ1) is 30.1. The number of benzene rings is 2. The number of nitrogens with two attached hydrogens (primary N) is 1. The highest BCUT2D eigenvalue weighted by atomic mass is 16.5. The number of hydrogen-bond donors (Lipinski definition) is 3. The molecule has 0 saturated heterocycles. The molecular formula is C28H37N3O7. The van der Waals surface area contributed by atoms with Gasteiger partial charge in [0.2, 0.25) is 11.8 Å². The zero-order valence-corrected chi connectivity index (χ0v) is 22.5. The van der Waals surface area contributed by atoms with Crippen LogP contribution in [0.25, 0.3) is 0 Å². The molecule has 0 saturated carbocycles. The smallest absolute Gasteiger partial charge is 0.328 e. The van der Waals surface area contributed by atoms with E-state index in [1.165, 1.54) is 12.0 Å². The van der Waals surface area contributed by atoms with Gasteiger partial charge in [-0.05, 0) is 49.6 Å². The fourth-order valence-electron chi connectivity index (χ4n) is 4.19. The number of ether oxygens (including phenoxy) is 2. The standard InChI is InChI=1S/C26H33N3O5.C2H4O2/c1-16(2)12-22(26(32)33-4)28-25(31)17(3)29(20-8-6-5-7-9-20)24(30)13-18-15-34-23-11-10-19(27)14-21(18)23;1-2(3)4/h5-11,14,16-18,22H,12-13,15,27H2,1-4H3,(H,28,31);1H3,(H,3,4)/t17-,18?,22-;/m0./s1. The highest BCUT2D eigenvalue weighted by Gasteiger charge is 2.34. The molecule has 0 aliphatic carbocycles. The minimum absolute atomic E-state index is 0.148. The van der Waals surface area contributed by atoms with E-state index in [0.29, 0.717) is 24.4 Å². The van der Waals surface area contributed by atoms with E-state index >= 15 is 0 Å². The predicted octanol–water partition coefficient (Wildman–Crippen LogP) is 3.35. The third-order valence-electron chi connectivity index (χ3n) is 5.91. The van der Waals surface area contributed by atoms with Crippen molar-refractivity contribution in [3.05, 3.63) is 54.1 Å². The molecule has 2 amide bonds. The lowest BCUT2D eigenvalue weighted by Crippen LogP contribution is -2.53. The van der Waals surface area contributed by atoms with Crippen LogP contribution in [0.15, 0.2) is 48.5 Å². The van der Waals surface area contributed by atoms with E-state index in [0.717, 1.165) is 18.2 Å². The fraction of sp³-hybridized carbons (Fsp3) is 0.429. The second-order valence-corrected chi connectivity index (χ2v) is 9.52. The van der Waals surface area contributed by atoms with Gasteiger partial charge in [0.05, 0.1) is 13.7 Å². The molecule has 1 aliphatic rings. The number of aliphatic carboxylic acids is 1. The Morgan fingerprint density at radius 1 is 1.13 bits per heavy atom. The second kappa shape index (κ2) is 14.0. The number of hydrogen-bond acceptors (Lipinski definition) is 7. The Hall–Kier alpha value is -4.08. The molecule has 1 unspecified atom stereocenters. The van der Waals surface area contributed by atoms with Crippen LogP contribution in [-0.4, -0.2) is 54.7 Å². The van der Waals surface area contributed by atoms with E-state index in [1.807, 2.05) is 44.2 Å². The Kier molecular flexibility index (Phi) is 11.1. The lowest BCUT2D eigenvalue weighted by atomic mass is 9.96. The molecule has 206 valence electrons. The molecule has 10 nitrogen and oxygen atoms in total. The van der Waals surface area contributed by atoms with E-state index in [-0.39, 0.29) is 24.2 Å². The van der Waals surface area contributed by atoms with Gasteiger partial charge in [0.15, 0.2) is 0 Å².